The zero-order chi connectivity index (χ0) is 13.1. The summed E-state index contributed by atoms with van der Waals surface area (Å²) in [5.41, 5.74) is 4.01. The number of nitriles is 1. The molecule has 1 aliphatic rings. The van der Waals surface area contributed by atoms with Crippen molar-refractivity contribution in [3.63, 3.8) is 0 Å². The van der Waals surface area contributed by atoms with Crippen molar-refractivity contribution in [3.8, 4) is 6.07 Å². The summed E-state index contributed by atoms with van der Waals surface area (Å²) in [4.78, 5) is 2.39. The summed E-state index contributed by atoms with van der Waals surface area (Å²) in [5, 5.41) is 9.10. The van der Waals surface area contributed by atoms with E-state index in [1.807, 2.05) is 18.2 Å². The second kappa shape index (κ2) is 5.26. The summed E-state index contributed by atoms with van der Waals surface area (Å²) < 4.78 is 0. The van der Waals surface area contributed by atoms with Crippen LogP contribution in [-0.4, -0.2) is 4.90 Å². The van der Waals surface area contributed by atoms with Gasteiger partial charge in [0.1, 0.15) is 0 Å². The van der Waals surface area contributed by atoms with Gasteiger partial charge in [-0.05, 0) is 16.7 Å². The zero-order valence-corrected chi connectivity index (χ0v) is 10.8. The first-order valence-corrected chi connectivity index (χ1v) is 6.61. The van der Waals surface area contributed by atoms with Gasteiger partial charge in [-0.3, -0.25) is 4.90 Å². The van der Waals surface area contributed by atoms with Crippen LogP contribution >= 0.6 is 0 Å². The number of hydrogen-bond donors (Lipinski definition) is 0. The number of nitrogens with zero attached hydrogens (tertiary/aromatic N) is 2. The van der Waals surface area contributed by atoms with Crippen molar-refractivity contribution >= 4 is 0 Å². The van der Waals surface area contributed by atoms with E-state index < -0.39 is 0 Å². The van der Waals surface area contributed by atoms with Crippen molar-refractivity contribution < 1.29 is 0 Å². The highest BCUT2D eigenvalue weighted by Crippen LogP contribution is 2.32. The number of rotatable bonds is 3. The highest BCUT2D eigenvalue weighted by Gasteiger charge is 2.26. The molecule has 1 heterocycles. The van der Waals surface area contributed by atoms with Gasteiger partial charge in [0.15, 0.2) is 0 Å². The van der Waals surface area contributed by atoms with Gasteiger partial charge in [-0.1, -0.05) is 54.6 Å². The molecule has 0 amide bonds. The van der Waals surface area contributed by atoms with E-state index in [0.29, 0.717) is 6.42 Å². The zero-order valence-electron chi connectivity index (χ0n) is 10.8. The molecule has 0 aliphatic carbocycles. The van der Waals surface area contributed by atoms with Gasteiger partial charge in [0, 0.05) is 19.1 Å². The topological polar surface area (TPSA) is 27.0 Å². The molecular formula is C17H16N2. The van der Waals surface area contributed by atoms with Crippen LogP contribution in [0.2, 0.25) is 0 Å². The minimum atomic E-state index is 0.193. The lowest BCUT2D eigenvalue weighted by atomic mass is 10.0. The summed E-state index contributed by atoms with van der Waals surface area (Å²) >= 11 is 0. The first-order valence-electron chi connectivity index (χ1n) is 6.61. The van der Waals surface area contributed by atoms with Crippen molar-refractivity contribution in [2.24, 2.45) is 0 Å². The monoisotopic (exact) mass is 248 g/mol. The smallest absolute Gasteiger partial charge is 0.0641 e. The standard InChI is InChI=1S/C17H16N2/c18-11-10-17(14-6-2-1-3-7-14)19-12-15-8-4-5-9-16(15)13-19/h1-9,17H,10,12-13H2. The van der Waals surface area contributed by atoms with Crippen LogP contribution < -0.4 is 0 Å². The van der Waals surface area contributed by atoms with Gasteiger partial charge < -0.3 is 0 Å². The van der Waals surface area contributed by atoms with E-state index in [4.69, 9.17) is 5.26 Å². The Morgan fingerprint density at radius 2 is 1.53 bits per heavy atom. The van der Waals surface area contributed by atoms with Gasteiger partial charge in [0.2, 0.25) is 0 Å². The van der Waals surface area contributed by atoms with E-state index in [0.717, 1.165) is 13.1 Å². The summed E-state index contributed by atoms with van der Waals surface area (Å²) in [5.74, 6) is 0. The Kier molecular flexibility index (Phi) is 3.31. The molecule has 0 saturated carbocycles. The van der Waals surface area contributed by atoms with Gasteiger partial charge in [-0.25, -0.2) is 0 Å². The first kappa shape index (κ1) is 12.0. The molecule has 1 atom stereocenters. The average molecular weight is 248 g/mol. The summed E-state index contributed by atoms with van der Waals surface area (Å²) in [6.07, 6.45) is 0.540. The molecule has 3 rings (SSSR count). The van der Waals surface area contributed by atoms with E-state index >= 15 is 0 Å². The summed E-state index contributed by atoms with van der Waals surface area (Å²) in [6, 6.07) is 21.4. The highest BCUT2D eigenvalue weighted by atomic mass is 15.2. The van der Waals surface area contributed by atoms with Crippen LogP contribution in [0.3, 0.4) is 0 Å². The number of hydrogen-bond acceptors (Lipinski definition) is 2. The molecule has 2 aromatic rings. The number of fused-ring (bicyclic) bond motifs is 1. The van der Waals surface area contributed by atoms with Crippen LogP contribution in [-0.2, 0) is 13.1 Å². The third-order valence-electron chi connectivity index (χ3n) is 3.78. The normalized spacial score (nSPS) is 15.7. The van der Waals surface area contributed by atoms with Crippen LogP contribution in [0.15, 0.2) is 54.6 Å². The molecule has 2 aromatic carbocycles. The summed E-state index contributed by atoms with van der Waals surface area (Å²) in [6.45, 7) is 1.88. The second-order valence-corrected chi connectivity index (χ2v) is 4.96. The van der Waals surface area contributed by atoms with Crippen LogP contribution in [0.1, 0.15) is 29.2 Å². The van der Waals surface area contributed by atoms with Crippen LogP contribution in [0, 0.1) is 11.3 Å². The molecule has 0 aromatic heterocycles. The van der Waals surface area contributed by atoms with Gasteiger partial charge in [-0.2, -0.15) is 5.26 Å². The van der Waals surface area contributed by atoms with Crippen LogP contribution in [0.5, 0.6) is 0 Å². The van der Waals surface area contributed by atoms with Crippen molar-refractivity contribution in [2.45, 2.75) is 25.6 Å². The fraction of sp³-hybridized carbons (Fsp3) is 0.235. The Bertz CT molecular complexity index is 573. The quantitative estimate of drug-likeness (QED) is 0.829. The lowest BCUT2D eigenvalue weighted by molar-refractivity contribution is 0.203. The minimum Gasteiger partial charge on any atom is -0.287 e. The van der Waals surface area contributed by atoms with E-state index in [1.54, 1.807) is 0 Å². The fourth-order valence-electron chi connectivity index (χ4n) is 2.80. The lowest BCUT2D eigenvalue weighted by Crippen LogP contribution is -2.23. The van der Waals surface area contributed by atoms with Crippen molar-refractivity contribution in [3.05, 3.63) is 71.3 Å². The molecule has 0 N–H and O–H groups in total. The maximum absolute atomic E-state index is 9.10. The van der Waals surface area contributed by atoms with Gasteiger partial charge >= 0.3 is 0 Å². The maximum atomic E-state index is 9.10. The molecule has 94 valence electrons. The first-order chi connectivity index (χ1) is 9.38. The minimum absolute atomic E-state index is 0.193. The molecule has 1 unspecified atom stereocenters. The van der Waals surface area contributed by atoms with Gasteiger partial charge in [0.25, 0.3) is 0 Å². The molecule has 0 bridgehead atoms. The lowest BCUT2D eigenvalue weighted by Gasteiger charge is -2.25. The third kappa shape index (κ3) is 2.38. The Hall–Kier alpha value is -2.11. The summed E-state index contributed by atoms with van der Waals surface area (Å²) in [7, 11) is 0. The molecule has 0 spiro atoms. The van der Waals surface area contributed by atoms with Crippen LogP contribution in [0.25, 0.3) is 0 Å². The molecule has 19 heavy (non-hydrogen) atoms. The number of benzene rings is 2. The largest absolute Gasteiger partial charge is 0.287 e. The maximum Gasteiger partial charge on any atom is 0.0641 e. The van der Waals surface area contributed by atoms with Gasteiger partial charge in [-0.15, -0.1) is 0 Å². The molecule has 0 saturated heterocycles. The SMILES string of the molecule is N#CCC(c1ccccc1)N1Cc2ccccc2C1. The molecule has 2 heteroatoms. The van der Waals surface area contributed by atoms with E-state index in [1.165, 1.54) is 16.7 Å². The van der Waals surface area contributed by atoms with E-state index in [-0.39, 0.29) is 6.04 Å². The Morgan fingerprint density at radius 3 is 2.11 bits per heavy atom. The Balaban J connectivity index is 1.86. The van der Waals surface area contributed by atoms with Crippen molar-refractivity contribution in [2.75, 3.05) is 0 Å². The Morgan fingerprint density at radius 1 is 0.947 bits per heavy atom. The Labute approximate surface area is 113 Å². The van der Waals surface area contributed by atoms with Crippen LogP contribution in [0.4, 0.5) is 0 Å². The third-order valence-corrected chi connectivity index (χ3v) is 3.78. The molecule has 1 aliphatic heterocycles. The molecule has 0 fully saturated rings. The van der Waals surface area contributed by atoms with E-state index in [9.17, 15) is 0 Å². The predicted molar refractivity (Wildman–Crippen MR) is 75.1 cm³/mol. The molecule has 0 radical (unpaired) electrons. The van der Waals surface area contributed by atoms with Crippen molar-refractivity contribution in [1.82, 2.24) is 4.90 Å². The average Bonchev–Trinajstić information content (AvgIpc) is 2.89. The fourth-order valence-corrected chi connectivity index (χ4v) is 2.80. The van der Waals surface area contributed by atoms with E-state index in [2.05, 4.69) is 47.4 Å². The predicted octanol–water partition coefficient (Wildman–Crippen LogP) is 3.66. The highest BCUT2D eigenvalue weighted by molar-refractivity contribution is 5.32. The van der Waals surface area contributed by atoms with Gasteiger partial charge in [0.05, 0.1) is 12.5 Å². The second-order valence-electron chi connectivity index (χ2n) is 4.96. The molecular weight excluding hydrogens is 232 g/mol. The van der Waals surface area contributed by atoms with Crippen molar-refractivity contribution in [1.29, 1.82) is 5.26 Å². The molecule has 2 nitrogen and oxygen atoms in total.